The van der Waals surface area contributed by atoms with Gasteiger partial charge < -0.3 is 15.5 Å². The van der Waals surface area contributed by atoms with Gasteiger partial charge in [0.2, 0.25) is 11.8 Å². The van der Waals surface area contributed by atoms with E-state index in [4.69, 9.17) is 0 Å². The van der Waals surface area contributed by atoms with Crippen LogP contribution in [-0.2, 0) is 9.59 Å². The van der Waals surface area contributed by atoms with Gasteiger partial charge in [0.25, 0.3) is 0 Å². The Morgan fingerprint density at radius 3 is 2.81 bits per heavy atom. The maximum atomic E-state index is 11.9. The SMILES string of the molecule is CSCC(=O)N1CCCC(CNC(=O)C2CCCN2)C1.Cl. The molecule has 21 heavy (non-hydrogen) atoms. The van der Waals surface area contributed by atoms with Gasteiger partial charge in [0, 0.05) is 19.6 Å². The minimum absolute atomic E-state index is 0. The Morgan fingerprint density at radius 1 is 1.33 bits per heavy atom. The van der Waals surface area contributed by atoms with Crippen LogP contribution in [0.15, 0.2) is 0 Å². The van der Waals surface area contributed by atoms with Crippen LogP contribution in [-0.4, -0.2) is 60.9 Å². The molecule has 0 aromatic carbocycles. The number of piperidine rings is 1. The fourth-order valence-electron chi connectivity index (χ4n) is 2.95. The molecule has 2 rings (SSSR count). The van der Waals surface area contributed by atoms with Crippen molar-refractivity contribution in [2.45, 2.75) is 31.7 Å². The molecular formula is C14H26ClN3O2S. The lowest BCUT2D eigenvalue weighted by Gasteiger charge is -2.33. The number of amides is 2. The predicted octanol–water partition coefficient (Wildman–Crippen LogP) is 0.878. The highest BCUT2D eigenvalue weighted by molar-refractivity contribution is 7.99. The van der Waals surface area contributed by atoms with Gasteiger partial charge in [-0.05, 0) is 44.4 Å². The Bertz CT molecular complexity index is 351. The molecule has 2 N–H and O–H groups in total. The van der Waals surface area contributed by atoms with Crippen LogP contribution in [0.2, 0.25) is 0 Å². The van der Waals surface area contributed by atoms with Gasteiger partial charge in [0.1, 0.15) is 0 Å². The van der Waals surface area contributed by atoms with Crippen molar-refractivity contribution in [1.82, 2.24) is 15.5 Å². The molecule has 0 aliphatic carbocycles. The fourth-order valence-corrected chi connectivity index (χ4v) is 3.38. The highest BCUT2D eigenvalue weighted by Gasteiger charge is 2.26. The Kier molecular flexibility index (Phi) is 8.44. The minimum atomic E-state index is -0.00665. The lowest BCUT2D eigenvalue weighted by atomic mass is 9.98. The molecule has 0 spiro atoms. The number of carbonyl (C=O) groups excluding carboxylic acids is 2. The Morgan fingerprint density at radius 2 is 2.14 bits per heavy atom. The third kappa shape index (κ3) is 5.68. The van der Waals surface area contributed by atoms with Crippen molar-refractivity contribution in [2.24, 2.45) is 5.92 Å². The standard InChI is InChI=1S/C14H25N3O2S.ClH/c1-20-10-13(18)17-7-3-4-11(9-17)8-16-14(19)12-5-2-6-15-12;/h11-12,15H,2-10H2,1H3,(H,16,19);1H. The molecule has 2 saturated heterocycles. The first-order valence-corrected chi connectivity index (χ1v) is 8.88. The lowest BCUT2D eigenvalue weighted by Crippen LogP contribution is -2.47. The zero-order valence-corrected chi connectivity index (χ0v) is 14.2. The molecule has 2 aliphatic heterocycles. The summed E-state index contributed by atoms with van der Waals surface area (Å²) in [5.41, 5.74) is 0. The van der Waals surface area contributed by atoms with Crippen LogP contribution in [0.1, 0.15) is 25.7 Å². The number of nitrogens with zero attached hydrogens (tertiary/aromatic N) is 1. The van der Waals surface area contributed by atoms with E-state index in [2.05, 4.69) is 10.6 Å². The lowest BCUT2D eigenvalue weighted by molar-refractivity contribution is -0.130. The van der Waals surface area contributed by atoms with E-state index in [1.807, 2.05) is 11.2 Å². The van der Waals surface area contributed by atoms with Gasteiger partial charge >= 0.3 is 0 Å². The molecule has 0 bridgehead atoms. The van der Waals surface area contributed by atoms with Gasteiger partial charge in [-0.1, -0.05) is 0 Å². The second-order valence-corrected chi connectivity index (χ2v) is 6.54. The average Bonchev–Trinajstić information content (AvgIpc) is 2.99. The zero-order valence-electron chi connectivity index (χ0n) is 12.6. The van der Waals surface area contributed by atoms with Gasteiger partial charge in [0.15, 0.2) is 0 Å². The predicted molar refractivity (Wildman–Crippen MR) is 89.0 cm³/mol. The van der Waals surface area contributed by atoms with Crippen LogP contribution in [0.5, 0.6) is 0 Å². The fraction of sp³-hybridized carbons (Fsp3) is 0.857. The first-order valence-electron chi connectivity index (χ1n) is 7.48. The summed E-state index contributed by atoms with van der Waals surface area (Å²) in [5.74, 6) is 1.31. The van der Waals surface area contributed by atoms with Crippen LogP contribution >= 0.6 is 24.2 Å². The molecule has 2 fully saturated rings. The second-order valence-electron chi connectivity index (χ2n) is 5.68. The molecule has 2 aliphatic rings. The summed E-state index contributed by atoms with van der Waals surface area (Å²) in [6.45, 7) is 3.30. The van der Waals surface area contributed by atoms with Crippen LogP contribution in [0.3, 0.4) is 0 Å². The van der Waals surface area contributed by atoms with Gasteiger partial charge in [0.05, 0.1) is 11.8 Å². The normalized spacial score (nSPS) is 25.3. The molecule has 122 valence electrons. The Balaban J connectivity index is 0.00000220. The number of likely N-dealkylation sites (tertiary alicyclic amines) is 1. The van der Waals surface area contributed by atoms with Crippen LogP contribution < -0.4 is 10.6 Å². The number of thioether (sulfide) groups is 1. The monoisotopic (exact) mass is 335 g/mol. The second kappa shape index (κ2) is 9.54. The van der Waals surface area contributed by atoms with Gasteiger partial charge in [-0.2, -0.15) is 11.8 Å². The van der Waals surface area contributed by atoms with Crippen molar-refractivity contribution < 1.29 is 9.59 Å². The maximum Gasteiger partial charge on any atom is 0.237 e. The van der Waals surface area contributed by atoms with Crippen molar-refractivity contribution in [3.05, 3.63) is 0 Å². The zero-order chi connectivity index (χ0) is 14.4. The van der Waals surface area contributed by atoms with E-state index in [1.165, 1.54) is 0 Å². The van der Waals surface area contributed by atoms with E-state index in [0.717, 1.165) is 45.3 Å². The highest BCUT2D eigenvalue weighted by atomic mass is 35.5. The quantitative estimate of drug-likeness (QED) is 0.783. The molecule has 5 nitrogen and oxygen atoms in total. The van der Waals surface area contributed by atoms with Crippen molar-refractivity contribution in [3.63, 3.8) is 0 Å². The van der Waals surface area contributed by atoms with E-state index in [1.54, 1.807) is 11.8 Å². The van der Waals surface area contributed by atoms with Crippen LogP contribution in [0, 0.1) is 5.92 Å². The van der Waals surface area contributed by atoms with Crippen molar-refractivity contribution in [3.8, 4) is 0 Å². The van der Waals surface area contributed by atoms with Gasteiger partial charge in [-0.15, -0.1) is 12.4 Å². The summed E-state index contributed by atoms with van der Waals surface area (Å²) in [4.78, 5) is 25.8. The van der Waals surface area contributed by atoms with E-state index in [0.29, 0.717) is 18.2 Å². The van der Waals surface area contributed by atoms with Crippen molar-refractivity contribution in [2.75, 3.05) is 38.2 Å². The van der Waals surface area contributed by atoms with E-state index < -0.39 is 0 Å². The molecular weight excluding hydrogens is 310 g/mol. The topological polar surface area (TPSA) is 61.4 Å². The van der Waals surface area contributed by atoms with E-state index >= 15 is 0 Å². The van der Waals surface area contributed by atoms with Crippen molar-refractivity contribution in [1.29, 1.82) is 0 Å². The summed E-state index contributed by atoms with van der Waals surface area (Å²) < 4.78 is 0. The molecule has 0 radical (unpaired) electrons. The summed E-state index contributed by atoms with van der Waals surface area (Å²) >= 11 is 1.57. The Labute approximate surface area is 137 Å². The summed E-state index contributed by atoms with van der Waals surface area (Å²) in [6, 6.07) is -0.00665. The molecule has 2 heterocycles. The molecule has 2 unspecified atom stereocenters. The molecule has 7 heteroatoms. The summed E-state index contributed by atoms with van der Waals surface area (Å²) in [6.07, 6.45) is 6.12. The third-order valence-corrected chi connectivity index (χ3v) is 4.62. The Hall–Kier alpha value is -0.460. The average molecular weight is 336 g/mol. The number of halogens is 1. The highest BCUT2D eigenvalue weighted by Crippen LogP contribution is 2.17. The summed E-state index contributed by atoms with van der Waals surface area (Å²) in [5, 5.41) is 6.25. The first-order chi connectivity index (χ1) is 9.70. The molecule has 0 saturated carbocycles. The first kappa shape index (κ1) is 18.6. The third-order valence-electron chi connectivity index (χ3n) is 4.08. The number of carbonyl (C=O) groups is 2. The van der Waals surface area contributed by atoms with Gasteiger partial charge in [-0.25, -0.2) is 0 Å². The molecule has 2 amide bonds. The molecule has 0 aromatic rings. The van der Waals surface area contributed by atoms with Crippen LogP contribution in [0.4, 0.5) is 0 Å². The van der Waals surface area contributed by atoms with Gasteiger partial charge in [-0.3, -0.25) is 9.59 Å². The minimum Gasteiger partial charge on any atom is -0.354 e. The molecule has 2 atom stereocenters. The maximum absolute atomic E-state index is 11.9. The molecule has 0 aromatic heterocycles. The largest absolute Gasteiger partial charge is 0.354 e. The van der Waals surface area contributed by atoms with Crippen LogP contribution in [0.25, 0.3) is 0 Å². The number of rotatable bonds is 5. The number of hydrogen-bond acceptors (Lipinski definition) is 4. The number of nitrogens with one attached hydrogen (secondary N) is 2. The number of hydrogen-bond donors (Lipinski definition) is 2. The smallest absolute Gasteiger partial charge is 0.237 e. The van der Waals surface area contributed by atoms with E-state index in [9.17, 15) is 9.59 Å². The summed E-state index contributed by atoms with van der Waals surface area (Å²) in [7, 11) is 0. The van der Waals surface area contributed by atoms with E-state index in [-0.39, 0.29) is 30.3 Å². The van der Waals surface area contributed by atoms with Crippen molar-refractivity contribution >= 4 is 36.0 Å².